The van der Waals surface area contributed by atoms with Crippen LogP contribution in [-0.4, -0.2) is 27.0 Å². The van der Waals surface area contributed by atoms with Gasteiger partial charge in [0.2, 0.25) is 0 Å². The van der Waals surface area contributed by atoms with Crippen LogP contribution in [0, 0.1) is 0 Å². The number of aromatic nitrogens is 3. The van der Waals surface area contributed by atoms with Crippen LogP contribution >= 0.6 is 0 Å². The Morgan fingerprint density at radius 1 is 1.39 bits per heavy atom. The van der Waals surface area contributed by atoms with Crippen LogP contribution in [0.5, 0.6) is 11.5 Å². The molecule has 2 N–H and O–H groups in total. The Morgan fingerprint density at radius 2 is 2.22 bits per heavy atom. The average Bonchev–Trinajstić information content (AvgIpc) is 2.77. The Hall–Kier alpha value is -2.08. The number of nitrogens with one attached hydrogen (secondary N) is 1. The number of ether oxygens (including phenoxy) is 1. The van der Waals surface area contributed by atoms with Gasteiger partial charge in [-0.3, -0.25) is 4.68 Å². The minimum atomic E-state index is 0.168. The van der Waals surface area contributed by atoms with Crippen molar-refractivity contribution in [2.45, 2.75) is 13.1 Å². The third-order valence-corrected chi connectivity index (χ3v) is 2.55. The number of benzene rings is 1. The van der Waals surface area contributed by atoms with E-state index in [4.69, 9.17) is 4.74 Å². The Labute approximate surface area is 105 Å². The smallest absolute Gasteiger partial charge is 0.164 e. The van der Waals surface area contributed by atoms with Gasteiger partial charge >= 0.3 is 0 Å². The van der Waals surface area contributed by atoms with Crippen LogP contribution in [0.15, 0.2) is 24.5 Å². The summed E-state index contributed by atoms with van der Waals surface area (Å²) in [7, 11) is 3.36. The quantitative estimate of drug-likeness (QED) is 0.819. The highest BCUT2D eigenvalue weighted by atomic mass is 16.5. The molecule has 1 heterocycles. The van der Waals surface area contributed by atoms with E-state index in [1.54, 1.807) is 17.1 Å². The van der Waals surface area contributed by atoms with Gasteiger partial charge in [-0.15, -0.1) is 0 Å². The van der Waals surface area contributed by atoms with Gasteiger partial charge in [0, 0.05) is 19.2 Å². The molecule has 0 bridgehead atoms. The molecule has 0 atom stereocenters. The van der Waals surface area contributed by atoms with Crippen molar-refractivity contribution in [3.05, 3.63) is 35.9 Å². The van der Waals surface area contributed by atoms with E-state index in [1.807, 2.05) is 19.2 Å². The second-order valence-electron chi connectivity index (χ2n) is 3.91. The predicted molar refractivity (Wildman–Crippen MR) is 66.2 cm³/mol. The summed E-state index contributed by atoms with van der Waals surface area (Å²) >= 11 is 0. The van der Waals surface area contributed by atoms with E-state index in [1.165, 1.54) is 7.11 Å². The SMILES string of the molecule is COc1cccc(CNCc2ncn(C)n2)c1O. The molecule has 0 saturated carbocycles. The van der Waals surface area contributed by atoms with Crippen LogP contribution in [0.1, 0.15) is 11.4 Å². The third-order valence-electron chi connectivity index (χ3n) is 2.55. The molecule has 0 aliphatic heterocycles. The largest absolute Gasteiger partial charge is 0.504 e. The zero-order valence-electron chi connectivity index (χ0n) is 10.4. The zero-order valence-corrected chi connectivity index (χ0v) is 10.4. The maximum Gasteiger partial charge on any atom is 0.164 e. The van der Waals surface area contributed by atoms with Crippen LogP contribution < -0.4 is 10.1 Å². The standard InChI is InChI=1S/C12H16N4O2/c1-16-8-14-11(15-16)7-13-6-9-4-3-5-10(18-2)12(9)17/h3-5,8,13,17H,6-7H2,1-2H3. The van der Waals surface area contributed by atoms with E-state index in [0.29, 0.717) is 18.8 Å². The zero-order chi connectivity index (χ0) is 13.0. The van der Waals surface area contributed by atoms with Gasteiger partial charge < -0.3 is 15.2 Å². The summed E-state index contributed by atoms with van der Waals surface area (Å²) in [4.78, 5) is 4.11. The van der Waals surface area contributed by atoms with Gasteiger partial charge in [0.05, 0.1) is 13.7 Å². The van der Waals surface area contributed by atoms with Crippen LogP contribution in [0.4, 0.5) is 0 Å². The summed E-state index contributed by atoms with van der Waals surface area (Å²) in [5, 5.41) is 17.2. The Kier molecular flexibility index (Phi) is 3.78. The molecule has 0 aliphatic carbocycles. The van der Waals surface area contributed by atoms with Crippen molar-refractivity contribution in [2.75, 3.05) is 7.11 Å². The van der Waals surface area contributed by atoms with E-state index in [-0.39, 0.29) is 5.75 Å². The number of hydrogen-bond acceptors (Lipinski definition) is 5. The second kappa shape index (κ2) is 5.50. The van der Waals surface area contributed by atoms with Crippen LogP contribution in [0.25, 0.3) is 0 Å². The molecule has 1 aromatic carbocycles. The number of hydrogen-bond donors (Lipinski definition) is 2. The first-order valence-electron chi connectivity index (χ1n) is 5.61. The molecule has 6 heteroatoms. The van der Waals surface area contributed by atoms with Gasteiger partial charge in [0.1, 0.15) is 6.33 Å². The lowest BCUT2D eigenvalue weighted by Gasteiger charge is -2.08. The molecule has 0 unspecified atom stereocenters. The first kappa shape index (κ1) is 12.4. The molecular weight excluding hydrogens is 232 g/mol. The molecule has 2 aromatic rings. The predicted octanol–water partition coefficient (Wildman–Crippen LogP) is 0.819. The molecule has 2 rings (SSSR count). The van der Waals surface area contributed by atoms with Gasteiger partial charge in [0.25, 0.3) is 0 Å². The highest BCUT2D eigenvalue weighted by Crippen LogP contribution is 2.29. The van der Waals surface area contributed by atoms with Gasteiger partial charge in [0.15, 0.2) is 17.3 Å². The fraction of sp³-hybridized carbons (Fsp3) is 0.333. The molecule has 6 nitrogen and oxygen atoms in total. The van der Waals surface area contributed by atoms with E-state index >= 15 is 0 Å². The summed E-state index contributed by atoms with van der Waals surface area (Å²) in [6.07, 6.45) is 1.65. The summed E-state index contributed by atoms with van der Waals surface area (Å²) in [6, 6.07) is 5.41. The molecular formula is C12H16N4O2. The number of aromatic hydroxyl groups is 1. The minimum absolute atomic E-state index is 0.168. The van der Waals surface area contributed by atoms with E-state index in [0.717, 1.165) is 11.4 Å². The first-order chi connectivity index (χ1) is 8.70. The fourth-order valence-corrected chi connectivity index (χ4v) is 1.65. The highest BCUT2D eigenvalue weighted by molar-refractivity contribution is 5.45. The fourth-order valence-electron chi connectivity index (χ4n) is 1.65. The van der Waals surface area contributed by atoms with Crippen molar-refractivity contribution < 1.29 is 9.84 Å². The van der Waals surface area contributed by atoms with Crippen molar-refractivity contribution in [3.63, 3.8) is 0 Å². The summed E-state index contributed by atoms with van der Waals surface area (Å²) in [5.41, 5.74) is 0.783. The number of methoxy groups -OCH3 is 1. The maximum atomic E-state index is 9.89. The van der Waals surface area contributed by atoms with Crippen molar-refractivity contribution in [1.29, 1.82) is 0 Å². The van der Waals surface area contributed by atoms with Crippen molar-refractivity contribution in [2.24, 2.45) is 7.05 Å². The summed E-state index contributed by atoms with van der Waals surface area (Å²) < 4.78 is 6.70. The molecule has 18 heavy (non-hydrogen) atoms. The number of aryl methyl sites for hydroxylation is 1. The van der Waals surface area contributed by atoms with E-state index in [9.17, 15) is 5.11 Å². The van der Waals surface area contributed by atoms with Gasteiger partial charge in [-0.2, -0.15) is 5.10 Å². The monoisotopic (exact) mass is 248 g/mol. The Morgan fingerprint density at radius 3 is 2.89 bits per heavy atom. The number of phenols is 1. The highest BCUT2D eigenvalue weighted by Gasteiger charge is 2.07. The van der Waals surface area contributed by atoms with Crippen LogP contribution in [0.2, 0.25) is 0 Å². The number of nitrogens with zero attached hydrogens (tertiary/aromatic N) is 3. The van der Waals surface area contributed by atoms with Gasteiger partial charge in [-0.05, 0) is 6.07 Å². The Bertz CT molecular complexity index is 525. The molecule has 0 aliphatic rings. The molecule has 0 spiro atoms. The molecule has 0 saturated heterocycles. The normalized spacial score (nSPS) is 10.6. The van der Waals surface area contributed by atoms with Crippen molar-refractivity contribution >= 4 is 0 Å². The summed E-state index contributed by atoms with van der Waals surface area (Å²) in [6.45, 7) is 1.08. The number of rotatable bonds is 5. The third kappa shape index (κ3) is 2.78. The number of phenolic OH excluding ortho intramolecular Hbond substituents is 1. The van der Waals surface area contributed by atoms with E-state index in [2.05, 4.69) is 15.4 Å². The number of para-hydroxylation sites is 1. The summed E-state index contributed by atoms with van der Waals surface area (Å²) in [5.74, 6) is 1.37. The lowest BCUT2D eigenvalue weighted by Crippen LogP contribution is -2.14. The first-order valence-corrected chi connectivity index (χ1v) is 5.61. The second-order valence-corrected chi connectivity index (χ2v) is 3.91. The van der Waals surface area contributed by atoms with Gasteiger partial charge in [-0.1, -0.05) is 12.1 Å². The van der Waals surface area contributed by atoms with E-state index < -0.39 is 0 Å². The van der Waals surface area contributed by atoms with Crippen molar-refractivity contribution in [1.82, 2.24) is 20.1 Å². The molecule has 0 amide bonds. The molecule has 96 valence electrons. The molecule has 0 radical (unpaired) electrons. The lowest BCUT2D eigenvalue weighted by atomic mass is 10.2. The van der Waals surface area contributed by atoms with Crippen LogP contribution in [-0.2, 0) is 20.1 Å². The molecule has 1 aromatic heterocycles. The van der Waals surface area contributed by atoms with Crippen LogP contribution in [0.3, 0.4) is 0 Å². The van der Waals surface area contributed by atoms with Gasteiger partial charge in [-0.25, -0.2) is 4.98 Å². The Balaban J connectivity index is 1.94. The van der Waals surface area contributed by atoms with Crippen molar-refractivity contribution in [3.8, 4) is 11.5 Å². The molecule has 0 fully saturated rings. The maximum absolute atomic E-state index is 9.89. The average molecular weight is 248 g/mol. The minimum Gasteiger partial charge on any atom is -0.504 e. The lowest BCUT2D eigenvalue weighted by molar-refractivity contribution is 0.369. The topological polar surface area (TPSA) is 72.2 Å².